The summed E-state index contributed by atoms with van der Waals surface area (Å²) in [6, 6.07) is 9.09. The molecule has 0 heterocycles. The van der Waals surface area contributed by atoms with Crippen molar-refractivity contribution in [2.45, 2.75) is 47.1 Å². The van der Waals surface area contributed by atoms with Crippen LogP contribution in [-0.2, 0) is 37.5 Å². The van der Waals surface area contributed by atoms with Crippen LogP contribution < -0.4 is 5.32 Å². The van der Waals surface area contributed by atoms with Gasteiger partial charge in [0.25, 0.3) is 5.91 Å². The van der Waals surface area contributed by atoms with Gasteiger partial charge in [-0.25, -0.2) is 0 Å². The summed E-state index contributed by atoms with van der Waals surface area (Å²) in [7, 11) is 0. The van der Waals surface area contributed by atoms with Crippen LogP contribution >= 0.6 is 0 Å². The van der Waals surface area contributed by atoms with E-state index in [1.54, 1.807) is 19.1 Å². The minimum Gasteiger partial charge on any atom is -0.380 e. The van der Waals surface area contributed by atoms with Crippen molar-refractivity contribution in [1.82, 2.24) is 0 Å². The minimum absolute atomic E-state index is 0. The van der Waals surface area contributed by atoms with Crippen molar-refractivity contribution in [1.29, 1.82) is 0 Å². The Morgan fingerprint density at radius 1 is 1.26 bits per heavy atom. The van der Waals surface area contributed by atoms with Crippen molar-refractivity contribution in [3.63, 3.8) is 0 Å². The first kappa shape index (κ1) is 27.2. The number of carbonyl (C=O) groups is 1. The molecule has 1 atom stereocenters. The van der Waals surface area contributed by atoms with Gasteiger partial charge in [0.2, 0.25) is 0 Å². The predicted molar refractivity (Wildman–Crippen MR) is 80.5 cm³/mol. The SMILES string of the molecule is C.CC.CC[C@](C)(O)C(=O)Nc1ccccc1.[CH3-].[Y]. The molecule has 2 N–H and O–H groups in total. The first-order chi connectivity index (χ1) is 7.56. The molecule has 0 saturated carbocycles. The zero-order valence-corrected chi connectivity index (χ0v) is 14.9. The maximum atomic E-state index is 11.5. The van der Waals surface area contributed by atoms with Crippen molar-refractivity contribution in [3.8, 4) is 0 Å². The van der Waals surface area contributed by atoms with Crippen LogP contribution in [0.4, 0.5) is 5.69 Å². The molecule has 0 aromatic heterocycles. The van der Waals surface area contributed by atoms with Crippen molar-refractivity contribution in [3.05, 3.63) is 37.8 Å². The summed E-state index contributed by atoms with van der Waals surface area (Å²) in [5.41, 5.74) is -0.596. The molecule has 4 heteroatoms. The molecule has 0 spiro atoms. The average molecular weight is 343 g/mol. The predicted octanol–water partition coefficient (Wildman–Crippen LogP) is 3.90. The maximum absolute atomic E-state index is 11.5. The summed E-state index contributed by atoms with van der Waals surface area (Å²) in [4.78, 5) is 11.5. The largest absolute Gasteiger partial charge is 0.380 e. The number of rotatable bonds is 3. The van der Waals surface area contributed by atoms with Crippen molar-refractivity contribution in [2.24, 2.45) is 0 Å². The first-order valence-electron chi connectivity index (χ1n) is 5.65. The van der Waals surface area contributed by atoms with Crippen molar-refractivity contribution < 1.29 is 42.6 Å². The summed E-state index contributed by atoms with van der Waals surface area (Å²) < 4.78 is 0. The van der Waals surface area contributed by atoms with Crippen LogP contribution in [0.3, 0.4) is 0 Å². The van der Waals surface area contributed by atoms with Crippen LogP contribution in [0.2, 0.25) is 0 Å². The van der Waals surface area contributed by atoms with E-state index >= 15 is 0 Å². The van der Waals surface area contributed by atoms with Gasteiger partial charge in [-0.15, -0.1) is 0 Å². The molecule has 19 heavy (non-hydrogen) atoms. The Labute approximate surface area is 144 Å². The van der Waals surface area contributed by atoms with Gasteiger partial charge in [0.15, 0.2) is 0 Å². The molecule has 0 aliphatic carbocycles. The van der Waals surface area contributed by atoms with E-state index in [9.17, 15) is 9.90 Å². The molecule has 0 unspecified atom stereocenters. The van der Waals surface area contributed by atoms with Crippen molar-refractivity contribution >= 4 is 11.6 Å². The fraction of sp³-hybridized carbons (Fsp3) is 0.467. The summed E-state index contributed by atoms with van der Waals surface area (Å²) in [6.45, 7) is 7.27. The van der Waals surface area contributed by atoms with Gasteiger partial charge in [0.1, 0.15) is 5.60 Å². The molecule has 1 aromatic rings. The van der Waals surface area contributed by atoms with Gasteiger partial charge in [0, 0.05) is 38.4 Å². The van der Waals surface area contributed by atoms with E-state index in [0.717, 1.165) is 0 Å². The third-order valence-corrected chi connectivity index (χ3v) is 2.21. The van der Waals surface area contributed by atoms with Gasteiger partial charge in [-0.05, 0) is 25.5 Å². The second kappa shape index (κ2) is 14.2. The summed E-state index contributed by atoms with van der Waals surface area (Å²) in [5.74, 6) is -0.369. The number of nitrogens with one attached hydrogen (secondary N) is 1. The molecule has 0 saturated heterocycles. The molecular weight excluding hydrogens is 315 g/mol. The van der Waals surface area contributed by atoms with E-state index in [0.29, 0.717) is 12.1 Å². The minimum atomic E-state index is -1.30. The third kappa shape index (κ3) is 10.2. The van der Waals surface area contributed by atoms with Crippen LogP contribution in [0, 0.1) is 7.43 Å². The zero-order chi connectivity index (χ0) is 12.6. The van der Waals surface area contributed by atoms with Gasteiger partial charge in [-0.3, -0.25) is 4.79 Å². The number of benzene rings is 1. The molecule has 3 nitrogen and oxygen atoms in total. The standard InChI is InChI=1S/C11H15NO2.C2H6.CH4.CH3.Y/c1-3-11(2,14)10(13)12-9-7-5-4-6-8-9;1-2;;;/h4-8,14H,3H2,1-2H3,(H,12,13);1-2H3;1H4;1H3;/q;;;-1;/t11-;;;;/m0..../s1. The fourth-order valence-corrected chi connectivity index (χ4v) is 0.948. The molecule has 1 amide bonds. The summed E-state index contributed by atoms with van der Waals surface area (Å²) >= 11 is 0. The van der Waals surface area contributed by atoms with Crippen LogP contribution in [0.5, 0.6) is 0 Å². The molecule has 1 rings (SSSR count). The van der Waals surface area contributed by atoms with E-state index in [4.69, 9.17) is 0 Å². The zero-order valence-electron chi connectivity index (χ0n) is 12.0. The topological polar surface area (TPSA) is 49.3 Å². The number of aliphatic hydroxyl groups is 1. The van der Waals surface area contributed by atoms with Crippen LogP contribution in [-0.4, -0.2) is 16.6 Å². The van der Waals surface area contributed by atoms with Crippen molar-refractivity contribution in [2.75, 3.05) is 5.32 Å². The molecular formula is C15H28NO2Y-. The van der Waals surface area contributed by atoms with E-state index in [-0.39, 0.29) is 53.5 Å². The molecule has 109 valence electrons. The normalized spacial score (nSPS) is 11.0. The van der Waals surface area contributed by atoms with Crippen LogP contribution in [0.15, 0.2) is 30.3 Å². The van der Waals surface area contributed by atoms with Gasteiger partial charge in [0.05, 0.1) is 0 Å². The number of amides is 1. The van der Waals surface area contributed by atoms with E-state index in [1.165, 1.54) is 6.92 Å². The Bertz CT molecular complexity index is 313. The Balaban J connectivity index is -0.000000214. The third-order valence-electron chi connectivity index (χ3n) is 2.21. The van der Waals surface area contributed by atoms with Gasteiger partial charge in [-0.1, -0.05) is 46.4 Å². The van der Waals surface area contributed by atoms with E-state index in [2.05, 4.69) is 5.32 Å². The van der Waals surface area contributed by atoms with Gasteiger partial charge >= 0.3 is 0 Å². The van der Waals surface area contributed by atoms with Crippen LogP contribution in [0.1, 0.15) is 41.5 Å². The quantitative estimate of drug-likeness (QED) is 0.818. The van der Waals surface area contributed by atoms with E-state index in [1.807, 2.05) is 32.0 Å². The number of para-hydroxylation sites is 1. The number of hydrogen-bond donors (Lipinski definition) is 2. The maximum Gasteiger partial charge on any atom is 0.256 e. The molecule has 0 aliphatic rings. The molecule has 0 bridgehead atoms. The molecule has 1 radical (unpaired) electrons. The molecule has 1 aromatic carbocycles. The monoisotopic (exact) mass is 343 g/mol. The number of carbonyl (C=O) groups excluding carboxylic acids is 1. The fourth-order valence-electron chi connectivity index (χ4n) is 0.948. The van der Waals surface area contributed by atoms with Crippen LogP contribution in [0.25, 0.3) is 0 Å². The second-order valence-corrected chi connectivity index (χ2v) is 3.45. The number of hydrogen-bond acceptors (Lipinski definition) is 2. The Morgan fingerprint density at radius 2 is 1.68 bits per heavy atom. The smallest absolute Gasteiger partial charge is 0.256 e. The molecule has 0 aliphatic heterocycles. The second-order valence-electron chi connectivity index (χ2n) is 3.45. The Morgan fingerprint density at radius 3 is 2.05 bits per heavy atom. The molecule has 0 fully saturated rings. The van der Waals surface area contributed by atoms with Gasteiger partial charge in [-0.2, -0.15) is 0 Å². The van der Waals surface area contributed by atoms with Gasteiger partial charge < -0.3 is 17.8 Å². The van der Waals surface area contributed by atoms with E-state index < -0.39 is 5.60 Å². The Kier molecular flexibility index (Phi) is 20.3. The average Bonchev–Trinajstić information content (AvgIpc) is 2.33. The number of anilines is 1. The summed E-state index contributed by atoms with van der Waals surface area (Å²) in [5, 5.41) is 12.3. The Hall–Kier alpha value is -0.246. The first-order valence-corrected chi connectivity index (χ1v) is 5.65. The summed E-state index contributed by atoms with van der Waals surface area (Å²) in [6.07, 6.45) is 0.395.